The fraction of sp³-hybridized carbons (Fsp3) is 0.500. The lowest BCUT2D eigenvalue weighted by Gasteiger charge is -2.07. The number of aromatic nitrogens is 4. The predicted octanol–water partition coefficient (Wildman–Crippen LogP) is 0.595. The summed E-state index contributed by atoms with van der Waals surface area (Å²) < 4.78 is 1.57. The van der Waals surface area contributed by atoms with Crippen molar-refractivity contribution in [3.05, 3.63) is 16.8 Å². The van der Waals surface area contributed by atoms with E-state index in [1.54, 1.807) is 4.57 Å². The molecule has 92 valence electrons. The van der Waals surface area contributed by atoms with Gasteiger partial charge in [-0.15, -0.1) is 0 Å². The Bertz CT molecular complexity index is 557. The Morgan fingerprint density at radius 2 is 2.35 bits per heavy atom. The number of nitrogens with zero attached hydrogens (tertiary/aromatic N) is 3. The van der Waals surface area contributed by atoms with Gasteiger partial charge in [0, 0.05) is 6.54 Å². The van der Waals surface area contributed by atoms with Gasteiger partial charge < -0.3 is 10.4 Å². The van der Waals surface area contributed by atoms with Crippen LogP contribution in [-0.2, 0) is 6.54 Å². The zero-order valence-electron chi connectivity index (χ0n) is 9.73. The van der Waals surface area contributed by atoms with Crippen molar-refractivity contribution in [2.75, 3.05) is 5.43 Å². The summed E-state index contributed by atoms with van der Waals surface area (Å²) in [6.45, 7) is 2.75. The minimum Gasteiger partial charge on any atom is -0.340 e. The number of nitrogens with two attached hydrogens (primary N) is 1. The molecule has 7 nitrogen and oxygen atoms in total. The molecule has 0 aliphatic rings. The van der Waals surface area contributed by atoms with Crippen molar-refractivity contribution in [2.45, 2.75) is 32.7 Å². The van der Waals surface area contributed by atoms with E-state index in [-0.39, 0.29) is 5.69 Å². The second-order valence-electron chi connectivity index (χ2n) is 3.85. The number of imidazole rings is 1. The molecule has 2 heterocycles. The van der Waals surface area contributed by atoms with E-state index in [0.29, 0.717) is 23.5 Å². The number of aryl methyl sites for hydroxylation is 1. The molecule has 0 saturated carbocycles. The maximum atomic E-state index is 11.8. The first kappa shape index (κ1) is 11.6. The minimum absolute atomic E-state index is 0.325. The Kier molecular flexibility index (Phi) is 3.38. The molecule has 0 fully saturated rings. The molecule has 0 atom stereocenters. The number of H-pyrrole nitrogens is 1. The number of hydrogen-bond acceptors (Lipinski definition) is 5. The van der Waals surface area contributed by atoms with Crippen LogP contribution in [0.15, 0.2) is 11.1 Å². The molecule has 0 aromatic carbocycles. The Morgan fingerprint density at radius 3 is 3.06 bits per heavy atom. The van der Waals surface area contributed by atoms with Gasteiger partial charge in [0.25, 0.3) is 0 Å². The third-order valence-electron chi connectivity index (χ3n) is 2.67. The minimum atomic E-state index is -0.325. The highest BCUT2D eigenvalue weighted by Crippen LogP contribution is 2.14. The molecular weight excluding hydrogens is 220 g/mol. The zero-order valence-corrected chi connectivity index (χ0v) is 9.73. The van der Waals surface area contributed by atoms with E-state index in [2.05, 4.69) is 27.3 Å². The number of fused-ring (bicyclic) bond motifs is 1. The summed E-state index contributed by atoms with van der Waals surface area (Å²) in [5.74, 6) is 5.64. The van der Waals surface area contributed by atoms with Crippen LogP contribution in [0.2, 0.25) is 0 Å². The SMILES string of the molecule is CCCCCn1c(=O)nc(NN)c2[nH]cnc21. The topological polar surface area (TPSA) is 102 Å². The van der Waals surface area contributed by atoms with Gasteiger partial charge in [0.05, 0.1) is 6.33 Å². The lowest BCUT2D eigenvalue weighted by molar-refractivity contribution is 0.590. The van der Waals surface area contributed by atoms with Gasteiger partial charge >= 0.3 is 5.69 Å². The maximum absolute atomic E-state index is 11.8. The van der Waals surface area contributed by atoms with Crippen molar-refractivity contribution in [2.24, 2.45) is 5.84 Å². The number of hydrogen-bond donors (Lipinski definition) is 3. The highest BCUT2D eigenvalue weighted by molar-refractivity contribution is 5.82. The number of anilines is 1. The number of unbranched alkanes of at least 4 members (excludes halogenated alkanes) is 2. The lowest BCUT2D eigenvalue weighted by Crippen LogP contribution is -2.26. The molecule has 0 saturated heterocycles. The summed E-state index contributed by atoms with van der Waals surface area (Å²) in [5, 5.41) is 0. The van der Waals surface area contributed by atoms with E-state index in [0.717, 1.165) is 19.3 Å². The maximum Gasteiger partial charge on any atom is 0.351 e. The average Bonchev–Trinajstić information content (AvgIpc) is 2.80. The van der Waals surface area contributed by atoms with Gasteiger partial charge in [0.2, 0.25) is 0 Å². The summed E-state index contributed by atoms with van der Waals surface area (Å²) >= 11 is 0. The fourth-order valence-electron chi connectivity index (χ4n) is 1.79. The van der Waals surface area contributed by atoms with Gasteiger partial charge in [-0.25, -0.2) is 15.6 Å². The Labute approximate surface area is 98.0 Å². The van der Waals surface area contributed by atoms with Crippen LogP contribution in [0.5, 0.6) is 0 Å². The van der Waals surface area contributed by atoms with E-state index in [4.69, 9.17) is 5.84 Å². The molecule has 0 aliphatic heterocycles. The summed E-state index contributed by atoms with van der Waals surface area (Å²) in [5.41, 5.74) is 3.32. The van der Waals surface area contributed by atoms with Gasteiger partial charge in [0.1, 0.15) is 5.52 Å². The molecule has 0 unspecified atom stereocenters. The molecule has 0 bridgehead atoms. The first-order valence-electron chi connectivity index (χ1n) is 5.68. The summed E-state index contributed by atoms with van der Waals surface area (Å²) in [4.78, 5) is 22.7. The van der Waals surface area contributed by atoms with Gasteiger partial charge in [-0.1, -0.05) is 19.8 Å². The standard InChI is InChI=1S/C10H16N6O/c1-2-3-4-5-16-9-7(12-6-13-9)8(15-11)14-10(16)17/h6H,2-5,11H2,1H3,(H,12,13)(H,14,15,17). The molecule has 0 aliphatic carbocycles. The first-order chi connectivity index (χ1) is 8.27. The summed E-state index contributed by atoms with van der Waals surface area (Å²) in [6, 6.07) is 0. The number of nitrogen functional groups attached to an aromatic ring is 1. The molecular formula is C10H16N6O. The lowest BCUT2D eigenvalue weighted by atomic mass is 10.2. The molecule has 2 aromatic rings. The van der Waals surface area contributed by atoms with E-state index in [1.807, 2.05) is 0 Å². The average molecular weight is 236 g/mol. The van der Waals surface area contributed by atoms with Crippen molar-refractivity contribution < 1.29 is 0 Å². The Balaban J connectivity index is 2.44. The van der Waals surface area contributed by atoms with Gasteiger partial charge in [0.15, 0.2) is 11.5 Å². The largest absolute Gasteiger partial charge is 0.351 e. The van der Waals surface area contributed by atoms with E-state index >= 15 is 0 Å². The second kappa shape index (κ2) is 4.96. The molecule has 17 heavy (non-hydrogen) atoms. The van der Waals surface area contributed by atoms with E-state index in [1.165, 1.54) is 6.33 Å². The quantitative estimate of drug-likeness (QED) is 0.401. The second-order valence-corrected chi connectivity index (χ2v) is 3.85. The number of rotatable bonds is 5. The van der Waals surface area contributed by atoms with Crippen LogP contribution in [0.25, 0.3) is 11.2 Å². The van der Waals surface area contributed by atoms with Gasteiger partial charge in [-0.05, 0) is 6.42 Å². The molecule has 0 spiro atoms. The van der Waals surface area contributed by atoms with Crippen LogP contribution in [0.3, 0.4) is 0 Å². The molecule has 4 N–H and O–H groups in total. The van der Waals surface area contributed by atoms with E-state index < -0.39 is 0 Å². The number of aromatic amines is 1. The van der Waals surface area contributed by atoms with Crippen LogP contribution in [-0.4, -0.2) is 19.5 Å². The highest BCUT2D eigenvalue weighted by Gasteiger charge is 2.11. The molecule has 7 heteroatoms. The van der Waals surface area contributed by atoms with Crippen molar-refractivity contribution >= 4 is 17.0 Å². The van der Waals surface area contributed by atoms with Crippen molar-refractivity contribution in [1.82, 2.24) is 19.5 Å². The molecule has 0 amide bonds. The molecule has 0 radical (unpaired) electrons. The van der Waals surface area contributed by atoms with Crippen LogP contribution in [0.1, 0.15) is 26.2 Å². The Hall–Kier alpha value is -1.89. The van der Waals surface area contributed by atoms with Crippen LogP contribution in [0, 0.1) is 0 Å². The normalized spacial score (nSPS) is 10.9. The summed E-state index contributed by atoms with van der Waals surface area (Å²) in [7, 11) is 0. The van der Waals surface area contributed by atoms with E-state index in [9.17, 15) is 4.79 Å². The predicted molar refractivity (Wildman–Crippen MR) is 65.5 cm³/mol. The van der Waals surface area contributed by atoms with Crippen molar-refractivity contribution in [3.8, 4) is 0 Å². The third kappa shape index (κ3) is 2.14. The molecule has 2 rings (SSSR count). The van der Waals surface area contributed by atoms with Gasteiger partial charge in [-0.2, -0.15) is 4.98 Å². The number of nitrogens with one attached hydrogen (secondary N) is 2. The Morgan fingerprint density at radius 1 is 1.53 bits per heavy atom. The third-order valence-corrected chi connectivity index (χ3v) is 2.67. The van der Waals surface area contributed by atoms with Crippen molar-refractivity contribution in [3.63, 3.8) is 0 Å². The monoisotopic (exact) mass is 236 g/mol. The van der Waals surface area contributed by atoms with Crippen LogP contribution >= 0.6 is 0 Å². The van der Waals surface area contributed by atoms with Crippen molar-refractivity contribution in [1.29, 1.82) is 0 Å². The highest BCUT2D eigenvalue weighted by atomic mass is 16.1. The number of hydrazine groups is 1. The van der Waals surface area contributed by atoms with Gasteiger partial charge in [-0.3, -0.25) is 4.57 Å². The zero-order chi connectivity index (χ0) is 12.3. The fourth-order valence-corrected chi connectivity index (χ4v) is 1.79. The van der Waals surface area contributed by atoms with Crippen LogP contribution in [0.4, 0.5) is 5.82 Å². The summed E-state index contributed by atoms with van der Waals surface area (Å²) in [6.07, 6.45) is 4.65. The molecule has 2 aromatic heterocycles. The smallest absolute Gasteiger partial charge is 0.340 e. The van der Waals surface area contributed by atoms with Crippen LogP contribution < -0.4 is 17.0 Å². The first-order valence-corrected chi connectivity index (χ1v) is 5.68.